The van der Waals surface area contributed by atoms with E-state index in [9.17, 15) is 9.59 Å². The largest absolute Gasteiger partial charge is 0.444 e. The predicted molar refractivity (Wildman–Crippen MR) is 121 cm³/mol. The Morgan fingerprint density at radius 1 is 1.26 bits per heavy atom. The second kappa shape index (κ2) is 9.54. The number of likely N-dealkylation sites (tertiary alicyclic amines) is 1. The van der Waals surface area contributed by atoms with Gasteiger partial charge in [-0.2, -0.15) is 0 Å². The molecule has 1 N–H and O–H groups in total. The fourth-order valence-corrected chi connectivity index (χ4v) is 3.87. The van der Waals surface area contributed by atoms with Crippen molar-refractivity contribution in [2.45, 2.75) is 78.0 Å². The Bertz CT molecular complexity index is 914. The van der Waals surface area contributed by atoms with Crippen molar-refractivity contribution in [3.8, 4) is 0 Å². The molecule has 0 bridgehead atoms. The Labute approximate surface area is 184 Å². The molecule has 7 heteroatoms. The van der Waals surface area contributed by atoms with Crippen LogP contribution >= 0.6 is 0 Å². The normalized spacial score (nSPS) is 17.0. The van der Waals surface area contributed by atoms with E-state index < -0.39 is 17.7 Å². The van der Waals surface area contributed by atoms with Crippen molar-refractivity contribution in [1.29, 1.82) is 0 Å². The highest BCUT2D eigenvalue weighted by molar-refractivity contribution is 5.96. The molecule has 31 heavy (non-hydrogen) atoms. The zero-order valence-electron chi connectivity index (χ0n) is 19.2. The summed E-state index contributed by atoms with van der Waals surface area (Å²) in [6.07, 6.45) is 5.79. The molecule has 0 spiro atoms. The number of nitrogens with zero attached hydrogens (tertiary/aromatic N) is 3. The van der Waals surface area contributed by atoms with Crippen molar-refractivity contribution >= 4 is 17.7 Å². The molecule has 0 saturated carbocycles. The summed E-state index contributed by atoms with van der Waals surface area (Å²) < 4.78 is 7.64. The molecule has 2 amide bonds. The van der Waals surface area contributed by atoms with Crippen molar-refractivity contribution in [2.75, 3.05) is 11.9 Å². The van der Waals surface area contributed by atoms with Gasteiger partial charge in [0, 0.05) is 37.1 Å². The fourth-order valence-electron chi connectivity index (χ4n) is 3.87. The number of ether oxygens (including phenoxy) is 1. The maximum atomic E-state index is 13.0. The highest BCUT2D eigenvalue weighted by Gasteiger charge is 2.34. The van der Waals surface area contributed by atoms with E-state index >= 15 is 0 Å². The number of carbonyl (C=O) groups excluding carboxylic acids is 2. The van der Waals surface area contributed by atoms with Crippen molar-refractivity contribution in [3.05, 3.63) is 48.0 Å². The van der Waals surface area contributed by atoms with E-state index in [0.717, 1.165) is 29.9 Å². The molecule has 1 unspecified atom stereocenters. The number of hydrogen-bond acceptors (Lipinski definition) is 4. The molecule has 2 aromatic rings. The van der Waals surface area contributed by atoms with Crippen molar-refractivity contribution in [3.63, 3.8) is 0 Å². The molecule has 1 aromatic heterocycles. The number of hydrogen-bond donors (Lipinski definition) is 1. The summed E-state index contributed by atoms with van der Waals surface area (Å²) in [5.41, 5.74) is 1.21. The van der Waals surface area contributed by atoms with E-state index in [-0.39, 0.29) is 5.91 Å². The van der Waals surface area contributed by atoms with E-state index in [1.54, 1.807) is 4.90 Å². The Hall–Kier alpha value is -2.83. The van der Waals surface area contributed by atoms with Crippen molar-refractivity contribution in [2.24, 2.45) is 0 Å². The number of benzene rings is 1. The van der Waals surface area contributed by atoms with Gasteiger partial charge < -0.3 is 14.6 Å². The van der Waals surface area contributed by atoms with Crippen LogP contribution in [0.1, 0.15) is 71.2 Å². The molecule has 1 atom stereocenters. The highest BCUT2D eigenvalue weighted by atomic mass is 16.6. The third kappa shape index (κ3) is 6.09. The summed E-state index contributed by atoms with van der Waals surface area (Å²) in [6, 6.07) is 7.30. The average molecular weight is 427 g/mol. The second-order valence-electron chi connectivity index (χ2n) is 9.44. The monoisotopic (exact) mass is 426 g/mol. The first-order valence-electron chi connectivity index (χ1n) is 11.0. The van der Waals surface area contributed by atoms with Gasteiger partial charge in [0.2, 0.25) is 5.91 Å². The number of anilines is 1. The molecule has 1 aliphatic rings. The van der Waals surface area contributed by atoms with Crippen LogP contribution in [0.5, 0.6) is 0 Å². The Morgan fingerprint density at radius 2 is 2.03 bits per heavy atom. The molecule has 0 aliphatic carbocycles. The second-order valence-corrected chi connectivity index (χ2v) is 9.44. The predicted octanol–water partition coefficient (Wildman–Crippen LogP) is 4.78. The Balaban J connectivity index is 1.70. The van der Waals surface area contributed by atoms with Gasteiger partial charge in [0.1, 0.15) is 17.5 Å². The van der Waals surface area contributed by atoms with Gasteiger partial charge in [-0.3, -0.25) is 9.69 Å². The van der Waals surface area contributed by atoms with Gasteiger partial charge >= 0.3 is 6.09 Å². The van der Waals surface area contributed by atoms with Crippen LogP contribution in [-0.4, -0.2) is 44.6 Å². The van der Waals surface area contributed by atoms with Gasteiger partial charge in [0.05, 0.1) is 0 Å². The van der Waals surface area contributed by atoms with Crippen molar-refractivity contribution < 1.29 is 14.3 Å². The zero-order valence-corrected chi connectivity index (χ0v) is 19.2. The van der Waals surface area contributed by atoms with Crippen molar-refractivity contribution in [1.82, 2.24) is 14.5 Å². The van der Waals surface area contributed by atoms with Gasteiger partial charge in [-0.25, -0.2) is 9.78 Å². The first-order valence-corrected chi connectivity index (χ1v) is 11.0. The molecule has 1 aromatic carbocycles. The van der Waals surface area contributed by atoms with Crippen LogP contribution < -0.4 is 5.32 Å². The van der Waals surface area contributed by atoms with Gasteiger partial charge in [-0.1, -0.05) is 26.0 Å². The number of amides is 2. The van der Waals surface area contributed by atoms with E-state index in [2.05, 4.69) is 28.7 Å². The first-order chi connectivity index (χ1) is 14.6. The number of imidazole rings is 1. The summed E-state index contributed by atoms with van der Waals surface area (Å²) in [7, 11) is 0. The lowest BCUT2D eigenvalue weighted by molar-refractivity contribution is -0.122. The topological polar surface area (TPSA) is 76.5 Å². The molecule has 1 fully saturated rings. The molecule has 1 saturated heterocycles. The molecule has 7 nitrogen and oxygen atoms in total. The smallest absolute Gasteiger partial charge is 0.410 e. The van der Waals surface area contributed by atoms with Crippen LogP contribution in [0.15, 0.2) is 36.7 Å². The lowest BCUT2D eigenvalue weighted by atomic mass is 10.0. The van der Waals surface area contributed by atoms with Crippen LogP contribution in [0, 0.1) is 0 Å². The molecule has 1 aliphatic heterocycles. The standard InChI is InChI=1S/C24H34N4O3/c1-17(2)21-25-12-14-27(21)16-18-9-8-10-19(15-18)26-22(29)20-11-6-7-13-28(20)23(30)31-24(3,4)5/h8-10,12,14-15,17,20H,6-7,11,13,16H2,1-5H3,(H,26,29). The van der Waals surface area contributed by atoms with Crippen LogP contribution in [0.4, 0.5) is 10.5 Å². The fraction of sp³-hybridized carbons (Fsp3) is 0.542. The Morgan fingerprint density at radius 3 is 2.74 bits per heavy atom. The molecular formula is C24H34N4O3. The SMILES string of the molecule is CC(C)c1nccn1Cc1cccc(NC(=O)C2CCCCN2C(=O)OC(C)(C)C)c1. The molecule has 0 radical (unpaired) electrons. The van der Waals surface area contributed by atoms with Gasteiger partial charge in [0.25, 0.3) is 0 Å². The summed E-state index contributed by atoms with van der Waals surface area (Å²) in [4.78, 5) is 31.7. The zero-order chi connectivity index (χ0) is 22.6. The Kier molecular flexibility index (Phi) is 7.03. The first kappa shape index (κ1) is 22.8. The maximum Gasteiger partial charge on any atom is 0.410 e. The maximum absolute atomic E-state index is 13.0. The van der Waals surface area contributed by atoms with E-state index in [1.165, 1.54) is 0 Å². The van der Waals surface area contributed by atoms with E-state index in [1.807, 2.05) is 57.4 Å². The molecular weight excluding hydrogens is 392 g/mol. The third-order valence-electron chi connectivity index (χ3n) is 5.24. The minimum absolute atomic E-state index is 0.173. The summed E-state index contributed by atoms with van der Waals surface area (Å²) in [5, 5.41) is 3.00. The molecule has 3 rings (SSSR count). The van der Waals surface area contributed by atoms with Gasteiger partial charge in [-0.15, -0.1) is 0 Å². The lowest BCUT2D eigenvalue weighted by Crippen LogP contribution is -2.51. The van der Waals surface area contributed by atoms with Crippen LogP contribution in [0.2, 0.25) is 0 Å². The minimum atomic E-state index is -0.591. The molecule has 168 valence electrons. The number of nitrogens with one attached hydrogen (secondary N) is 1. The number of rotatable bonds is 5. The van der Waals surface area contributed by atoms with Crippen LogP contribution in [0.25, 0.3) is 0 Å². The van der Waals surface area contributed by atoms with Crippen LogP contribution in [0.3, 0.4) is 0 Å². The highest BCUT2D eigenvalue weighted by Crippen LogP contribution is 2.23. The van der Waals surface area contributed by atoms with E-state index in [4.69, 9.17) is 4.74 Å². The molecule has 2 heterocycles. The lowest BCUT2D eigenvalue weighted by Gasteiger charge is -2.35. The number of aromatic nitrogens is 2. The van der Waals surface area contributed by atoms with Crippen LogP contribution in [-0.2, 0) is 16.1 Å². The summed E-state index contributed by atoms with van der Waals surface area (Å²) in [5.74, 6) is 1.20. The summed E-state index contributed by atoms with van der Waals surface area (Å²) >= 11 is 0. The number of carbonyl (C=O) groups is 2. The summed E-state index contributed by atoms with van der Waals surface area (Å²) in [6.45, 7) is 11.0. The number of piperidine rings is 1. The quantitative estimate of drug-likeness (QED) is 0.746. The third-order valence-corrected chi connectivity index (χ3v) is 5.24. The minimum Gasteiger partial charge on any atom is -0.444 e. The average Bonchev–Trinajstić information content (AvgIpc) is 3.15. The van der Waals surface area contributed by atoms with E-state index in [0.29, 0.717) is 25.4 Å². The van der Waals surface area contributed by atoms with Gasteiger partial charge in [0.15, 0.2) is 0 Å². The van der Waals surface area contributed by atoms with Gasteiger partial charge in [-0.05, 0) is 57.7 Å².